The Balaban J connectivity index is 1.46. The largest absolute Gasteiger partial charge is 0.356 e. The number of benzene rings is 1. The molecule has 1 aliphatic heterocycles. The zero-order valence-corrected chi connectivity index (χ0v) is 17.8. The quantitative estimate of drug-likeness (QED) is 0.702. The Kier molecular flexibility index (Phi) is 5.79. The number of nitrogens with zero attached hydrogens (tertiary/aromatic N) is 5. The molecule has 2 aromatic heterocycles. The molecule has 0 bridgehead atoms. The minimum absolute atomic E-state index is 0.0665. The van der Waals surface area contributed by atoms with Crippen molar-refractivity contribution in [3.63, 3.8) is 0 Å². The molecule has 3 heterocycles. The van der Waals surface area contributed by atoms with Gasteiger partial charge in [0.25, 0.3) is 0 Å². The van der Waals surface area contributed by atoms with Crippen molar-refractivity contribution < 1.29 is 4.79 Å². The Morgan fingerprint density at radius 1 is 1.13 bits per heavy atom. The molecule has 0 spiro atoms. The summed E-state index contributed by atoms with van der Waals surface area (Å²) in [5, 5.41) is 7.58. The fourth-order valence-electron chi connectivity index (χ4n) is 3.95. The van der Waals surface area contributed by atoms with Gasteiger partial charge in [0, 0.05) is 30.5 Å². The predicted molar refractivity (Wildman–Crippen MR) is 118 cm³/mol. The molecule has 1 N–H and O–H groups in total. The molecular formula is C23H28N6O. The first kappa shape index (κ1) is 20.1. The Labute approximate surface area is 177 Å². The molecule has 0 aliphatic carbocycles. The van der Waals surface area contributed by atoms with Crippen LogP contribution in [0.25, 0.3) is 5.82 Å². The van der Waals surface area contributed by atoms with Gasteiger partial charge in [-0.25, -0.2) is 14.6 Å². The summed E-state index contributed by atoms with van der Waals surface area (Å²) in [6, 6.07) is 12.0. The fraction of sp³-hybridized carbons (Fsp3) is 0.391. The van der Waals surface area contributed by atoms with E-state index in [1.807, 2.05) is 42.8 Å². The second-order valence-corrected chi connectivity index (χ2v) is 7.90. The monoisotopic (exact) mass is 404 g/mol. The highest BCUT2D eigenvalue weighted by atomic mass is 16.1. The first-order valence-electron chi connectivity index (χ1n) is 10.5. The van der Waals surface area contributed by atoms with E-state index < -0.39 is 0 Å². The lowest BCUT2D eigenvalue weighted by molar-refractivity contribution is -0.120. The zero-order valence-electron chi connectivity index (χ0n) is 17.8. The summed E-state index contributed by atoms with van der Waals surface area (Å²) in [6.07, 6.45) is 4.39. The summed E-state index contributed by atoms with van der Waals surface area (Å²) in [7, 11) is 0. The average Bonchev–Trinajstić information content (AvgIpc) is 3.12. The highest BCUT2D eigenvalue weighted by Gasteiger charge is 2.27. The number of anilines is 2. The topological polar surface area (TPSA) is 75.9 Å². The third-order valence-electron chi connectivity index (χ3n) is 5.61. The van der Waals surface area contributed by atoms with Crippen LogP contribution in [0.3, 0.4) is 0 Å². The standard InChI is InChI=1S/C23H28N6O/c1-4-18-7-9-20(10-8-18)26-23(30)19-6-5-11-28(14-19)21-13-22(25-15-24-21)29-17(3)12-16(2)27-29/h7-10,12-13,15,19H,4-6,11,14H2,1-3H3,(H,26,30). The van der Waals surface area contributed by atoms with Crippen LogP contribution < -0.4 is 10.2 Å². The Morgan fingerprint density at radius 3 is 2.60 bits per heavy atom. The summed E-state index contributed by atoms with van der Waals surface area (Å²) >= 11 is 0. The first-order valence-corrected chi connectivity index (χ1v) is 10.5. The maximum atomic E-state index is 12.9. The van der Waals surface area contributed by atoms with Crippen molar-refractivity contribution in [1.29, 1.82) is 0 Å². The highest BCUT2D eigenvalue weighted by molar-refractivity contribution is 5.93. The Hall–Kier alpha value is -3.22. The lowest BCUT2D eigenvalue weighted by Crippen LogP contribution is -2.41. The first-order chi connectivity index (χ1) is 14.5. The second kappa shape index (κ2) is 8.65. The van der Waals surface area contributed by atoms with Crippen molar-refractivity contribution in [2.45, 2.75) is 40.0 Å². The van der Waals surface area contributed by atoms with Crippen molar-refractivity contribution in [3.05, 3.63) is 59.7 Å². The van der Waals surface area contributed by atoms with Gasteiger partial charge in [0.05, 0.1) is 11.6 Å². The van der Waals surface area contributed by atoms with Crippen LogP contribution in [0.15, 0.2) is 42.7 Å². The number of nitrogens with one attached hydrogen (secondary N) is 1. The molecule has 1 aliphatic rings. The normalized spacial score (nSPS) is 16.5. The number of hydrogen-bond donors (Lipinski definition) is 1. The molecule has 1 unspecified atom stereocenters. The lowest BCUT2D eigenvalue weighted by Gasteiger charge is -2.33. The van der Waals surface area contributed by atoms with Crippen LogP contribution in [-0.2, 0) is 11.2 Å². The van der Waals surface area contributed by atoms with Gasteiger partial charge in [0.1, 0.15) is 12.1 Å². The van der Waals surface area contributed by atoms with E-state index in [2.05, 4.69) is 44.3 Å². The van der Waals surface area contributed by atoms with E-state index in [1.165, 1.54) is 5.56 Å². The fourth-order valence-corrected chi connectivity index (χ4v) is 3.95. The molecule has 7 nitrogen and oxygen atoms in total. The van der Waals surface area contributed by atoms with Crippen LogP contribution >= 0.6 is 0 Å². The van der Waals surface area contributed by atoms with Crippen molar-refractivity contribution in [2.75, 3.05) is 23.3 Å². The predicted octanol–water partition coefficient (Wildman–Crippen LogP) is 3.70. The van der Waals surface area contributed by atoms with Crippen LogP contribution in [0.2, 0.25) is 0 Å². The lowest BCUT2D eigenvalue weighted by atomic mass is 9.97. The number of hydrogen-bond acceptors (Lipinski definition) is 5. The SMILES string of the molecule is CCc1ccc(NC(=O)C2CCCN(c3cc(-n4nc(C)cc4C)ncn3)C2)cc1. The maximum absolute atomic E-state index is 12.9. The molecule has 1 aromatic carbocycles. The van der Waals surface area contributed by atoms with Gasteiger partial charge < -0.3 is 10.2 Å². The van der Waals surface area contributed by atoms with Gasteiger partial charge >= 0.3 is 0 Å². The summed E-state index contributed by atoms with van der Waals surface area (Å²) in [4.78, 5) is 23.9. The van der Waals surface area contributed by atoms with Gasteiger partial charge in [-0.15, -0.1) is 0 Å². The molecule has 3 aromatic rings. The Bertz CT molecular complexity index is 1030. The third-order valence-corrected chi connectivity index (χ3v) is 5.61. The molecule has 0 radical (unpaired) electrons. The zero-order chi connectivity index (χ0) is 21.1. The minimum atomic E-state index is -0.0725. The third kappa shape index (κ3) is 4.35. The minimum Gasteiger partial charge on any atom is -0.356 e. The molecule has 1 atom stereocenters. The summed E-state index contributed by atoms with van der Waals surface area (Å²) in [6.45, 7) is 7.62. The number of aryl methyl sites for hydroxylation is 3. The van der Waals surface area contributed by atoms with E-state index >= 15 is 0 Å². The number of amides is 1. The second-order valence-electron chi connectivity index (χ2n) is 7.90. The number of piperidine rings is 1. The van der Waals surface area contributed by atoms with Crippen LogP contribution in [0.5, 0.6) is 0 Å². The van der Waals surface area contributed by atoms with E-state index in [1.54, 1.807) is 6.33 Å². The molecule has 4 rings (SSSR count). The van der Waals surface area contributed by atoms with E-state index in [0.717, 1.165) is 54.5 Å². The molecule has 7 heteroatoms. The number of carbonyl (C=O) groups is 1. The molecule has 1 fully saturated rings. The van der Waals surface area contributed by atoms with Crippen LogP contribution in [0.4, 0.5) is 11.5 Å². The highest BCUT2D eigenvalue weighted by Crippen LogP contribution is 2.24. The van der Waals surface area contributed by atoms with E-state index in [9.17, 15) is 4.79 Å². The molecule has 1 saturated heterocycles. The molecule has 156 valence electrons. The van der Waals surface area contributed by atoms with Crippen molar-refractivity contribution in [3.8, 4) is 5.82 Å². The van der Waals surface area contributed by atoms with Gasteiger partial charge in [0.15, 0.2) is 5.82 Å². The Morgan fingerprint density at radius 2 is 1.90 bits per heavy atom. The van der Waals surface area contributed by atoms with Crippen molar-refractivity contribution >= 4 is 17.4 Å². The molecule has 0 saturated carbocycles. The summed E-state index contributed by atoms with van der Waals surface area (Å²) in [5.74, 6) is 1.57. The van der Waals surface area contributed by atoms with E-state index in [0.29, 0.717) is 6.54 Å². The van der Waals surface area contributed by atoms with Gasteiger partial charge in [-0.2, -0.15) is 5.10 Å². The molecule has 30 heavy (non-hydrogen) atoms. The van der Waals surface area contributed by atoms with E-state index in [4.69, 9.17) is 0 Å². The summed E-state index contributed by atoms with van der Waals surface area (Å²) < 4.78 is 1.83. The molecular weight excluding hydrogens is 376 g/mol. The maximum Gasteiger partial charge on any atom is 0.229 e. The van der Waals surface area contributed by atoms with E-state index in [-0.39, 0.29) is 11.8 Å². The number of carbonyl (C=O) groups excluding carboxylic acids is 1. The van der Waals surface area contributed by atoms with Crippen LogP contribution in [-0.4, -0.2) is 38.7 Å². The number of aromatic nitrogens is 4. The smallest absolute Gasteiger partial charge is 0.229 e. The van der Waals surface area contributed by atoms with Crippen LogP contribution in [0.1, 0.15) is 36.7 Å². The van der Waals surface area contributed by atoms with Crippen LogP contribution in [0, 0.1) is 19.8 Å². The average molecular weight is 405 g/mol. The van der Waals surface area contributed by atoms with Gasteiger partial charge in [-0.3, -0.25) is 4.79 Å². The summed E-state index contributed by atoms with van der Waals surface area (Å²) in [5.41, 5.74) is 4.10. The molecule has 1 amide bonds. The van der Waals surface area contributed by atoms with Gasteiger partial charge in [-0.1, -0.05) is 19.1 Å². The number of rotatable bonds is 5. The van der Waals surface area contributed by atoms with Gasteiger partial charge in [0.2, 0.25) is 5.91 Å². The van der Waals surface area contributed by atoms with Gasteiger partial charge in [-0.05, 0) is 56.9 Å². The van der Waals surface area contributed by atoms with Crippen molar-refractivity contribution in [1.82, 2.24) is 19.7 Å². The van der Waals surface area contributed by atoms with Crippen molar-refractivity contribution in [2.24, 2.45) is 5.92 Å².